The summed E-state index contributed by atoms with van der Waals surface area (Å²) in [5.41, 5.74) is 4.26. The number of hydrogen-bond donors (Lipinski definition) is 0. The first-order valence-electron chi connectivity index (χ1n) is 9.36. The lowest BCUT2D eigenvalue weighted by Gasteiger charge is -2.36. The molecule has 7 nitrogen and oxygen atoms in total. The van der Waals surface area contributed by atoms with Crippen LogP contribution < -0.4 is 0 Å². The smallest absolute Gasteiger partial charge is 0.227 e. The largest absolute Gasteiger partial charge is 0.361 e. The average Bonchev–Trinajstić information content (AvgIpc) is 2.94. The van der Waals surface area contributed by atoms with E-state index >= 15 is 0 Å². The molecule has 7 heteroatoms. The Labute approximate surface area is 153 Å². The van der Waals surface area contributed by atoms with E-state index < -0.39 is 0 Å². The molecule has 2 bridgehead atoms. The maximum atomic E-state index is 13.1. The summed E-state index contributed by atoms with van der Waals surface area (Å²) in [7, 11) is 1.96. The van der Waals surface area contributed by atoms with Crippen LogP contribution in [-0.4, -0.2) is 49.8 Å². The fraction of sp³-hybridized carbons (Fsp3) is 0.632. The minimum absolute atomic E-state index is 0.0891. The van der Waals surface area contributed by atoms with Crippen LogP contribution in [0.3, 0.4) is 0 Å². The molecule has 0 aromatic carbocycles. The molecule has 3 aliphatic rings. The number of aryl methyl sites for hydroxylation is 4. The molecule has 0 saturated carbocycles. The lowest BCUT2D eigenvalue weighted by atomic mass is 9.93. The highest BCUT2D eigenvalue weighted by Crippen LogP contribution is 2.32. The molecule has 2 atom stereocenters. The molecule has 0 spiro atoms. The fourth-order valence-electron chi connectivity index (χ4n) is 4.41. The first-order valence-corrected chi connectivity index (χ1v) is 9.36. The molecule has 1 amide bonds. The number of hydrogen-bond acceptors (Lipinski definition) is 5. The number of rotatable bonds is 4. The van der Waals surface area contributed by atoms with Crippen molar-refractivity contribution < 1.29 is 9.32 Å². The minimum atomic E-state index is 0.0891. The highest BCUT2D eigenvalue weighted by molar-refractivity contribution is 5.80. The van der Waals surface area contributed by atoms with E-state index in [0.29, 0.717) is 6.54 Å². The highest BCUT2D eigenvalue weighted by Gasteiger charge is 2.41. The third-order valence-electron chi connectivity index (χ3n) is 5.89. The van der Waals surface area contributed by atoms with Crippen molar-refractivity contribution in [3.8, 4) is 0 Å². The topological polar surface area (TPSA) is 67.4 Å². The molecule has 2 aromatic heterocycles. The Kier molecular flexibility index (Phi) is 4.34. The summed E-state index contributed by atoms with van der Waals surface area (Å²) in [5.74, 6) is 1.19. The zero-order chi connectivity index (χ0) is 18.4. The number of carbonyl (C=O) groups excluding carboxylic acids is 1. The molecule has 2 aromatic rings. The summed E-state index contributed by atoms with van der Waals surface area (Å²) in [4.78, 5) is 17.6. The fourth-order valence-corrected chi connectivity index (χ4v) is 4.41. The van der Waals surface area contributed by atoms with Gasteiger partial charge in [-0.3, -0.25) is 14.4 Å². The summed E-state index contributed by atoms with van der Waals surface area (Å²) in [6.07, 6.45) is 4.15. The van der Waals surface area contributed by atoms with E-state index in [1.807, 2.05) is 25.6 Å². The van der Waals surface area contributed by atoms with Crippen LogP contribution in [0.25, 0.3) is 0 Å². The number of nitrogens with zero attached hydrogens (tertiary/aromatic N) is 5. The number of piperidine rings is 1. The first-order chi connectivity index (χ1) is 12.4. The minimum Gasteiger partial charge on any atom is -0.361 e. The summed E-state index contributed by atoms with van der Waals surface area (Å²) >= 11 is 0. The van der Waals surface area contributed by atoms with E-state index in [9.17, 15) is 4.79 Å². The van der Waals surface area contributed by atoms with Crippen molar-refractivity contribution in [1.82, 2.24) is 24.7 Å². The zero-order valence-corrected chi connectivity index (χ0v) is 16.0. The van der Waals surface area contributed by atoms with E-state index in [4.69, 9.17) is 4.52 Å². The van der Waals surface area contributed by atoms with Gasteiger partial charge in [-0.2, -0.15) is 5.10 Å². The lowest BCUT2D eigenvalue weighted by molar-refractivity contribution is -0.140. The van der Waals surface area contributed by atoms with Crippen LogP contribution in [0.4, 0.5) is 0 Å². The van der Waals surface area contributed by atoms with Crippen LogP contribution >= 0.6 is 0 Å². The Bertz CT molecular complexity index is 805. The van der Waals surface area contributed by atoms with Gasteiger partial charge in [-0.25, -0.2) is 0 Å². The van der Waals surface area contributed by atoms with Gasteiger partial charge in [-0.1, -0.05) is 5.16 Å². The van der Waals surface area contributed by atoms with Crippen molar-refractivity contribution in [2.24, 2.45) is 13.0 Å². The predicted molar refractivity (Wildman–Crippen MR) is 96.3 cm³/mol. The van der Waals surface area contributed by atoms with Gasteiger partial charge < -0.3 is 9.42 Å². The van der Waals surface area contributed by atoms with E-state index in [-0.39, 0.29) is 17.9 Å². The molecule has 0 aliphatic carbocycles. The van der Waals surface area contributed by atoms with Crippen LogP contribution in [0.1, 0.15) is 41.1 Å². The van der Waals surface area contributed by atoms with Crippen LogP contribution in [-0.2, 0) is 24.9 Å². The molecule has 3 aliphatic heterocycles. The molecule has 0 radical (unpaired) electrons. The van der Waals surface area contributed by atoms with Crippen molar-refractivity contribution in [2.45, 2.75) is 52.7 Å². The van der Waals surface area contributed by atoms with Crippen LogP contribution in [0.5, 0.6) is 0 Å². The van der Waals surface area contributed by atoms with Gasteiger partial charge in [0.2, 0.25) is 5.91 Å². The van der Waals surface area contributed by atoms with Crippen molar-refractivity contribution >= 4 is 5.91 Å². The molecule has 3 saturated heterocycles. The SMILES string of the molecule is Cc1nn(C)cc1CN1C[C@@H]2CC[C@H](C1)N(Cc1c(C)noc1C)C2=O. The second-order valence-corrected chi connectivity index (χ2v) is 7.80. The van der Waals surface area contributed by atoms with Gasteiger partial charge in [0.05, 0.1) is 23.9 Å². The Morgan fingerprint density at radius 2 is 1.96 bits per heavy atom. The van der Waals surface area contributed by atoms with Crippen molar-refractivity contribution in [1.29, 1.82) is 0 Å². The van der Waals surface area contributed by atoms with Gasteiger partial charge in [0.1, 0.15) is 5.76 Å². The number of carbonyl (C=O) groups is 1. The molecule has 3 fully saturated rings. The number of aromatic nitrogens is 3. The highest BCUT2D eigenvalue weighted by atomic mass is 16.5. The maximum Gasteiger partial charge on any atom is 0.227 e. The molecule has 0 N–H and O–H groups in total. The molecule has 5 rings (SSSR count). The van der Waals surface area contributed by atoms with Crippen LogP contribution in [0.2, 0.25) is 0 Å². The molecule has 26 heavy (non-hydrogen) atoms. The van der Waals surface area contributed by atoms with Gasteiger partial charge in [0.25, 0.3) is 0 Å². The number of fused-ring (bicyclic) bond motifs is 4. The summed E-state index contributed by atoms with van der Waals surface area (Å²) < 4.78 is 7.16. The molecular formula is C19H27N5O2. The maximum absolute atomic E-state index is 13.1. The normalized spacial score (nSPS) is 23.7. The van der Waals surface area contributed by atoms with Gasteiger partial charge in [-0.05, 0) is 33.6 Å². The first kappa shape index (κ1) is 17.3. The third-order valence-corrected chi connectivity index (χ3v) is 5.89. The summed E-state index contributed by atoms with van der Waals surface area (Å²) in [6.45, 7) is 9.15. The van der Waals surface area contributed by atoms with E-state index in [1.165, 1.54) is 5.56 Å². The predicted octanol–water partition coefficient (Wildman–Crippen LogP) is 1.96. The van der Waals surface area contributed by atoms with E-state index in [2.05, 4.69) is 33.2 Å². The van der Waals surface area contributed by atoms with Crippen molar-refractivity contribution in [2.75, 3.05) is 13.1 Å². The Hall–Kier alpha value is -2.15. The standard InChI is InChI=1S/C19H27N5O2/c1-12-16(7-22(4)20-12)9-23-8-15-5-6-17(10-23)24(19(15)25)11-18-13(2)21-26-14(18)3/h7,15,17H,5-6,8-11H2,1-4H3/t15-,17+/m0/s1. The Balaban J connectivity index is 1.53. The van der Waals surface area contributed by atoms with Crippen LogP contribution in [0, 0.1) is 26.7 Å². The summed E-state index contributed by atoms with van der Waals surface area (Å²) in [6, 6.07) is 0.256. The average molecular weight is 357 g/mol. The quantitative estimate of drug-likeness (QED) is 0.837. The van der Waals surface area contributed by atoms with Gasteiger partial charge in [0.15, 0.2) is 0 Å². The molecule has 140 valence electrons. The van der Waals surface area contributed by atoms with Crippen molar-refractivity contribution in [3.05, 3.63) is 34.5 Å². The van der Waals surface area contributed by atoms with Gasteiger partial charge in [0, 0.05) is 50.0 Å². The Morgan fingerprint density at radius 3 is 2.62 bits per heavy atom. The van der Waals surface area contributed by atoms with Gasteiger partial charge in [-0.15, -0.1) is 0 Å². The molecule has 5 heterocycles. The number of amides is 1. The zero-order valence-electron chi connectivity index (χ0n) is 16.0. The molecule has 0 unspecified atom stereocenters. The van der Waals surface area contributed by atoms with Gasteiger partial charge >= 0.3 is 0 Å². The second-order valence-electron chi connectivity index (χ2n) is 7.80. The lowest BCUT2D eigenvalue weighted by Crippen LogP contribution is -2.47. The third kappa shape index (κ3) is 3.05. The Morgan fingerprint density at radius 1 is 1.15 bits per heavy atom. The van der Waals surface area contributed by atoms with E-state index in [0.717, 1.165) is 55.2 Å². The summed E-state index contributed by atoms with van der Waals surface area (Å²) in [5, 5.41) is 8.49. The van der Waals surface area contributed by atoms with Crippen LogP contribution in [0.15, 0.2) is 10.7 Å². The van der Waals surface area contributed by atoms with Crippen molar-refractivity contribution in [3.63, 3.8) is 0 Å². The molecular weight excluding hydrogens is 330 g/mol. The monoisotopic (exact) mass is 357 g/mol. The van der Waals surface area contributed by atoms with E-state index in [1.54, 1.807) is 0 Å². The second kappa shape index (κ2) is 6.54.